The number of hydrogen-bond donors (Lipinski definition) is 4. The van der Waals surface area contributed by atoms with Gasteiger partial charge in [0.25, 0.3) is 0 Å². The molecule has 0 aromatic heterocycles. The SMILES string of the molecule is NCCNOC(=O)CCC(=O)ONCCN. The lowest BCUT2D eigenvalue weighted by atomic mass is 10.3. The fraction of sp³-hybridized carbons (Fsp3) is 0.750. The minimum atomic E-state index is -0.538. The highest BCUT2D eigenvalue weighted by Crippen LogP contribution is 1.93. The lowest BCUT2D eigenvalue weighted by Gasteiger charge is -2.05. The Hall–Kier alpha value is -1.22. The van der Waals surface area contributed by atoms with Crippen LogP contribution in [-0.2, 0) is 19.3 Å². The number of hydroxylamine groups is 2. The Morgan fingerprint density at radius 2 is 1.25 bits per heavy atom. The predicted molar refractivity (Wildman–Crippen MR) is 55.5 cm³/mol. The van der Waals surface area contributed by atoms with Crippen LogP contribution in [0.1, 0.15) is 12.8 Å². The topological polar surface area (TPSA) is 129 Å². The molecule has 16 heavy (non-hydrogen) atoms. The zero-order valence-electron chi connectivity index (χ0n) is 9.03. The van der Waals surface area contributed by atoms with E-state index >= 15 is 0 Å². The quantitative estimate of drug-likeness (QED) is 0.261. The summed E-state index contributed by atoms with van der Waals surface area (Å²) in [5.41, 5.74) is 15.0. The molecular weight excluding hydrogens is 216 g/mol. The summed E-state index contributed by atoms with van der Waals surface area (Å²) in [5, 5.41) is 0. The smallest absolute Gasteiger partial charge is 0.325 e. The first-order valence-corrected chi connectivity index (χ1v) is 4.96. The van der Waals surface area contributed by atoms with E-state index in [1.54, 1.807) is 0 Å². The number of nitrogens with two attached hydrogens (primary N) is 2. The van der Waals surface area contributed by atoms with Gasteiger partial charge in [-0.1, -0.05) is 0 Å². The van der Waals surface area contributed by atoms with Crippen LogP contribution in [0.4, 0.5) is 0 Å². The van der Waals surface area contributed by atoms with Crippen molar-refractivity contribution in [2.45, 2.75) is 12.8 Å². The highest BCUT2D eigenvalue weighted by Gasteiger charge is 2.09. The van der Waals surface area contributed by atoms with Gasteiger partial charge in [-0.3, -0.25) is 9.59 Å². The number of rotatable bonds is 9. The molecule has 0 aliphatic carbocycles. The van der Waals surface area contributed by atoms with Crippen LogP contribution in [0.3, 0.4) is 0 Å². The zero-order chi connectivity index (χ0) is 12.2. The number of hydrogen-bond acceptors (Lipinski definition) is 8. The van der Waals surface area contributed by atoms with Crippen molar-refractivity contribution >= 4 is 11.9 Å². The molecule has 6 N–H and O–H groups in total. The summed E-state index contributed by atoms with van der Waals surface area (Å²) in [7, 11) is 0. The molecule has 0 saturated heterocycles. The minimum absolute atomic E-state index is 0.0549. The lowest BCUT2D eigenvalue weighted by molar-refractivity contribution is -0.158. The Morgan fingerprint density at radius 1 is 0.875 bits per heavy atom. The first kappa shape index (κ1) is 14.8. The molecule has 94 valence electrons. The Kier molecular flexibility index (Phi) is 9.52. The van der Waals surface area contributed by atoms with Crippen LogP contribution < -0.4 is 22.4 Å². The van der Waals surface area contributed by atoms with Crippen LogP contribution in [0.25, 0.3) is 0 Å². The summed E-state index contributed by atoms with van der Waals surface area (Å²) >= 11 is 0. The maximum Gasteiger partial charge on any atom is 0.325 e. The highest BCUT2D eigenvalue weighted by molar-refractivity contribution is 5.77. The summed E-state index contributed by atoms with van der Waals surface area (Å²) in [6, 6.07) is 0. The fourth-order valence-corrected chi connectivity index (χ4v) is 0.687. The van der Waals surface area contributed by atoms with Crippen LogP contribution in [-0.4, -0.2) is 38.1 Å². The summed E-state index contributed by atoms with van der Waals surface area (Å²) in [4.78, 5) is 31.0. The van der Waals surface area contributed by atoms with Gasteiger partial charge in [0, 0.05) is 26.2 Å². The van der Waals surface area contributed by atoms with Crippen LogP contribution in [0, 0.1) is 0 Å². The van der Waals surface area contributed by atoms with Gasteiger partial charge in [0.2, 0.25) is 0 Å². The first-order chi connectivity index (χ1) is 7.70. The second-order valence-electron chi connectivity index (χ2n) is 2.81. The van der Waals surface area contributed by atoms with Gasteiger partial charge >= 0.3 is 11.9 Å². The molecule has 0 aliphatic rings. The van der Waals surface area contributed by atoms with E-state index in [0.717, 1.165) is 0 Å². The van der Waals surface area contributed by atoms with Gasteiger partial charge in [-0.05, 0) is 0 Å². The number of carbonyl (C=O) groups is 2. The maximum atomic E-state index is 11.0. The van der Waals surface area contributed by atoms with E-state index in [1.165, 1.54) is 0 Å². The summed E-state index contributed by atoms with van der Waals surface area (Å²) in [6.45, 7) is 1.46. The second-order valence-corrected chi connectivity index (χ2v) is 2.81. The molecule has 0 saturated carbocycles. The average Bonchev–Trinajstić information content (AvgIpc) is 2.27. The summed E-state index contributed by atoms with van der Waals surface area (Å²) in [5.74, 6) is -1.08. The standard InChI is InChI=1S/C8H18N4O4/c9-3-5-11-15-7(13)1-2-8(14)16-12-6-4-10/h11-12H,1-6,9-10H2. The van der Waals surface area contributed by atoms with Crippen molar-refractivity contribution in [3.05, 3.63) is 0 Å². The molecule has 0 spiro atoms. The Morgan fingerprint density at radius 3 is 1.56 bits per heavy atom. The molecule has 0 aromatic rings. The van der Waals surface area contributed by atoms with Crippen LogP contribution >= 0.6 is 0 Å². The van der Waals surface area contributed by atoms with Gasteiger partial charge in [-0.25, -0.2) is 0 Å². The van der Waals surface area contributed by atoms with E-state index < -0.39 is 11.9 Å². The molecule has 0 atom stereocenters. The minimum Gasteiger partial charge on any atom is -0.371 e. The fourth-order valence-electron chi connectivity index (χ4n) is 0.687. The molecule has 0 unspecified atom stereocenters. The summed E-state index contributed by atoms with van der Waals surface area (Å²) < 4.78 is 0. The Balaban J connectivity index is 3.40. The molecule has 8 heteroatoms. The van der Waals surface area contributed by atoms with Gasteiger partial charge in [0.05, 0.1) is 12.8 Å². The van der Waals surface area contributed by atoms with Crippen molar-refractivity contribution in [1.29, 1.82) is 0 Å². The molecule has 0 radical (unpaired) electrons. The van der Waals surface area contributed by atoms with Crippen molar-refractivity contribution in [2.24, 2.45) is 11.5 Å². The van der Waals surface area contributed by atoms with E-state index in [9.17, 15) is 9.59 Å². The van der Waals surface area contributed by atoms with E-state index in [1.807, 2.05) is 0 Å². The predicted octanol–water partition coefficient (Wildman–Crippen LogP) is -2.22. The molecule has 0 aromatic carbocycles. The molecule has 0 fully saturated rings. The van der Waals surface area contributed by atoms with Crippen LogP contribution in [0.15, 0.2) is 0 Å². The molecule has 0 heterocycles. The first-order valence-electron chi connectivity index (χ1n) is 4.96. The third-order valence-corrected chi connectivity index (χ3v) is 1.40. The molecular formula is C8H18N4O4. The Bertz CT molecular complexity index is 190. The lowest BCUT2D eigenvalue weighted by Crippen LogP contribution is -2.28. The Labute approximate surface area is 93.5 Å². The molecule has 0 rings (SSSR count). The van der Waals surface area contributed by atoms with Crippen molar-refractivity contribution in [3.63, 3.8) is 0 Å². The molecule has 8 nitrogen and oxygen atoms in total. The summed E-state index contributed by atoms with van der Waals surface area (Å²) in [6.07, 6.45) is -0.110. The van der Waals surface area contributed by atoms with E-state index in [4.69, 9.17) is 11.5 Å². The average molecular weight is 234 g/mol. The van der Waals surface area contributed by atoms with Gasteiger partial charge in [0.15, 0.2) is 0 Å². The van der Waals surface area contributed by atoms with Crippen LogP contribution in [0.5, 0.6) is 0 Å². The van der Waals surface area contributed by atoms with E-state index in [-0.39, 0.29) is 12.8 Å². The van der Waals surface area contributed by atoms with Crippen molar-refractivity contribution in [3.8, 4) is 0 Å². The van der Waals surface area contributed by atoms with E-state index in [2.05, 4.69) is 20.6 Å². The highest BCUT2D eigenvalue weighted by atomic mass is 16.7. The number of nitrogens with one attached hydrogen (secondary N) is 2. The third kappa shape index (κ3) is 9.34. The largest absolute Gasteiger partial charge is 0.371 e. The monoisotopic (exact) mass is 234 g/mol. The van der Waals surface area contributed by atoms with Gasteiger partial charge in [0.1, 0.15) is 0 Å². The van der Waals surface area contributed by atoms with Crippen molar-refractivity contribution in [2.75, 3.05) is 26.2 Å². The molecule has 0 bridgehead atoms. The zero-order valence-corrected chi connectivity index (χ0v) is 9.03. The van der Waals surface area contributed by atoms with Gasteiger partial charge in [-0.2, -0.15) is 11.0 Å². The second kappa shape index (κ2) is 10.3. The van der Waals surface area contributed by atoms with Crippen molar-refractivity contribution < 1.29 is 19.3 Å². The van der Waals surface area contributed by atoms with Crippen LogP contribution in [0.2, 0.25) is 0 Å². The molecule has 0 amide bonds. The van der Waals surface area contributed by atoms with Gasteiger partial charge < -0.3 is 21.1 Å². The van der Waals surface area contributed by atoms with Crippen molar-refractivity contribution in [1.82, 2.24) is 11.0 Å². The number of carbonyl (C=O) groups excluding carboxylic acids is 2. The normalized spacial score (nSPS) is 9.88. The van der Waals surface area contributed by atoms with E-state index in [0.29, 0.717) is 26.2 Å². The van der Waals surface area contributed by atoms with Gasteiger partial charge in [-0.15, -0.1) is 0 Å². The maximum absolute atomic E-state index is 11.0. The third-order valence-electron chi connectivity index (χ3n) is 1.40. The molecule has 0 aliphatic heterocycles.